The Balaban J connectivity index is 2.16. The van der Waals surface area contributed by atoms with E-state index < -0.39 is 0 Å². The minimum atomic E-state index is -0.142. The number of aliphatic hydroxyl groups is 1. The van der Waals surface area contributed by atoms with Gasteiger partial charge < -0.3 is 15.0 Å². The molecular formula is C15H21N3O3S. The van der Waals surface area contributed by atoms with Crippen molar-refractivity contribution in [1.82, 2.24) is 14.9 Å². The van der Waals surface area contributed by atoms with E-state index in [9.17, 15) is 9.59 Å². The van der Waals surface area contributed by atoms with Crippen molar-refractivity contribution in [2.24, 2.45) is 0 Å². The predicted molar refractivity (Wildman–Crippen MR) is 87.4 cm³/mol. The van der Waals surface area contributed by atoms with Crippen molar-refractivity contribution in [3.63, 3.8) is 0 Å². The molecule has 6 nitrogen and oxygen atoms in total. The third-order valence-corrected chi connectivity index (χ3v) is 4.87. The Bertz CT molecular complexity index is 735. The van der Waals surface area contributed by atoms with Gasteiger partial charge in [0.15, 0.2) is 0 Å². The first-order valence-electron chi connectivity index (χ1n) is 7.35. The van der Waals surface area contributed by atoms with Crippen LogP contribution in [-0.2, 0) is 11.2 Å². The van der Waals surface area contributed by atoms with Crippen LogP contribution in [0.2, 0.25) is 0 Å². The lowest BCUT2D eigenvalue weighted by molar-refractivity contribution is -0.131. The summed E-state index contributed by atoms with van der Waals surface area (Å²) in [6.45, 7) is 6.61. The predicted octanol–water partition coefficient (Wildman–Crippen LogP) is 1.37. The number of likely N-dealkylation sites (N-methyl/N-ethyl adjacent to an activating group) is 1. The maximum atomic E-state index is 12.2. The summed E-state index contributed by atoms with van der Waals surface area (Å²) in [6, 6.07) is 0. The van der Waals surface area contributed by atoms with Gasteiger partial charge in [-0.2, -0.15) is 0 Å². The van der Waals surface area contributed by atoms with Crippen LogP contribution in [0.5, 0.6) is 0 Å². The van der Waals surface area contributed by atoms with Gasteiger partial charge in [0.1, 0.15) is 10.7 Å². The summed E-state index contributed by atoms with van der Waals surface area (Å²) in [5.41, 5.74) is 0.827. The topological polar surface area (TPSA) is 86.3 Å². The summed E-state index contributed by atoms with van der Waals surface area (Å²) in [5, 5.41) is 9.58. The number of aliphatic hydroxyl groups excluding tert-OH is 1. The number of fused-ring (bicyclic) bond motifs is 1. The van der Waals surface area contributed by atoms with Crippen LogP contribution in [0.15, 0.2) is 4.79 Å². The molecule has 2 rings (SSSR count). The van der Waals surface area contributed by atoms with Gasteiger partial charge in [-0.1, -0.05) is 0 Å². The molecule has 0 fully saturated rings. The lowest BCUT2D eigenvalue weighted by atomic mass is 10.2. The van der Waals surface area contributed by atoms with Gasteiger partial charge in [0.25, 0.3) is 5.56 Å². The Kier molecular flexibility index (Phi) is 5.31. The monoisotopic (exact) mass is 323 g/mol. The van der Waals surface area contributed by atoms with Crippen LogP contribution in [0.4, 0.5) is 0 Å². The van der Waals surface area contributed by atoms with E-state index >= 15 is 0 Å². The number of rotatable bonds is 6. The maximum absolute atomic E-state index is 12.2. The number of aromatic nitrogens is 2. The number of nitrogens with one attached hydrogen (secondary N) is 1. The number of nitrogens with zero attached hydrogens (tertiary/aromatic N) is 2. The van der Waals surface area contributed by atoms with E-state index in [0.717, 1.165) is 15.3 Å². The first-order valence-corrected chi connectivity index (χ1v) is 8.17. The minimum absolute atomic E-state index is 0.0437. The molecule has 1 amide bonds. The Morgan fingerprint density at radius 2 is 2.14 bits per heavy atom. The molecule has 2 aromatic heterocycles. The van der Waals surface area contributed by atoms with Crippen LogP contribution in [-0.4, -0.2) is 45.6 Å². The summed E-state index contributed by atoms with van der Waals surface area (Å²) in [6.07, 6.45) is 0.660. The lowest BCUT2D eigenvalue weighted by Gasteiger charge is -2.19. The molecule has 0 aromatic carbocycles. The summed E-state index contributed by atoms with van der Waals surface area (Å²) in [7, 11) is 0. The normalized spacial score (nSPS) is 11.1. The van der Waals surface area contributed by atoms with Gasteiger partial charge in [0.2, 0.25) is 5.91 Å². The standard InChI is InChI=1S/C15H21N3O3S/c1-4-18(7-8-19)12(20)6-5-11-16-14(21)13-9(2)10(3)22-15(13)17-11/h19H,4-8H2,1-3H3,(H,16,17,21). The molecule has 7 heteroatoms. The second kappa shape index (κ2) is 7.02. The van der Waals surface area contributed by atoms with Gasteiger partial charge in [-0.05, 0) is 26.3 Å². The quantitative estimate of drug-likeness (QED) is 0.841. The Hall–Kier alpha value is -1.73. The number of carbonyl (C=O) groups is 1. The Labute approximate surface area is 132 Å². The molecule has 0 aliphatic rings. The molecule has 2 aromatic rings. The second-order valence-electron chi connectivity index (χ2n) is 5.17. The van der Waals surface area contributed by atoms with Crippen LogP contribution in [0.25, 0.3) is 10.2 Å². The Morgan fingerprint density at radius 1 is 1.41 bits per heavy atom. The second-order valence-corrected chi connectivity index (χ2v) is 6.38. The fraction of sp³-hybridized carbons (Fsp3) is 0.533. The highest BCUT2D eigenvalue weighted by molar-refractivity contribution is 7.18. The van der Waals surface area contributed by atoms with Crippen molar-refractivity contribution in [2.45, 2.75) is 33.6 Å². The number of H-pyrrole nitrogens is 1. The van der Waals surface area contributed by atoms with Crippen molar-refractivity contribution in [3.8, 4) is 0 Å². The fourth-order valence-electron chi connectivity index (χ4n) is 2.38. The maximum Gasteiger partial charge on any atom is 0.259 e. The van der Waals surface area contributed by atoms with E-state index in [1.807, 2.05) is 20.8 Å². The van der Waals surface area contributed by atoms with Crippen LogP contribution in [0, 0.1) is 13.8 Å². The third-order valence-electron chi connectivity index (χ3n) is 3.77. The molecule has 0 radical (unpaired) electrons. The zero-order chi connectivity index (χ0) is 16.3. The number of hydrogen-bond donors (Lipinski definition) is 2. The summed E-state index contributed by atoms with van der Waals surface area (Å²) < 4.78 is 0. The number of hydrogen-bond acceptors (Lipinski definition) is 5. The van der Waals surface area contributed by atoms with Crippen LogP contribution >= 0.6 is 11.3 Å². The molecule has 0 saturated heterocycles. The smallest absolute Gasteiger partial charge is 0.259 e. The van der Waals surface area contributed by atoms with E-state index in [1.165, 1.54) is 11.3 Å². The lowest BCUT2D eigenvalue weighted by Crippen LogP contribution is -2.33. The molecule has 22 heavy (non-hydrogen) atoms. The molecule has 2 N–H and O–H groups in total. The van der Waals surface area contributed by atoms with Crippen LogP contribution in [0.1, 0.15) is 29.6 Å². The van der Waals surface area contributed by atoms with E-state index in [2.05, 4.69) is 9.97 Å². The van der Waals surface area contributed by atoms with Gasteiger partial charge in [-0.3, -0.25) is 9.59 Å². The molecule has 0 atom stereocenters. The van der Waals surface area contributed by atoms with E-state index in [-0.39, 0.29) is 24.5 Å². The molecule has 0 aliphatic carbocycles. The van der Waals surface area contributed by atoms with Crippen molar-refractivity contribution in [2.75, 3.05) is 19.7 Å². The zero-order valence-electron chi connectivity index (χ0n) is 13.1. The van der Waals surface area contributed by atoms with Crippen LogP contribution < -0.4 is 5.56 Å². The SMILES string of the molecule is CCN(CCO)C(=O)CCc1nc2sc(C)c(C)c2c(=O)[nH]1. The van der Waals surface area contributed by atoms with Crippen molar-refractivity contribution in [3.05, 3.63) is 26.6 Å². The van der Waals surface area contributed by atoms with Gasteiger partial charge >= 0.3 is 0 Å². The molecule has 120 valence electrons. The van der Waals surface area contributed by atoms with Crippen molar-refractivity contribution in [1.29, 1.82) is 0 Å². The molecule has 2 heterocycles. The molecule has 0 bridgehead atoms. The van der Waals surface area contributed by atoms with E-state index in [4.69, 9.17) is 5.11 Å². The zero-order valence-corrected chi connectivity index (χ0v) is 13.9. The molecule has 0 unspecified atom stereocenters. The number of aryl methyl sites for hydroxylation is 3. The number of carbonyl (C=O) groups excluding carboxylic acids is 1. The highest BCUT2D eigenvalue weighted by Gasteiger charge is 2.14. The largest absolute Gasteiger partial charge is 0.395 e. The molecule has 0 saturated carbocycles. The van der Waals surface area contributed by atoms with Crippen LogP contribution in [0.3, 0.4) is 0 Å². The van der Waals surface area contributed by atoms with Gasteiger partial charge in [0, 0.05) is 30.8 Å². The molecule has 0 aliphatic heterocycles. The number of thiophene rings is 1. The van der Waals surface area contributed by atoms with E-state index in [0.29, 0.717) is 30.7 Å². The van der Waals surface area contributed by atoms with Crippen molar-refractivity contribution < 1.29 is 9.90 Å². The average Bonchev–Trinajstić information content (AvgIpc) is 2.77. The minimum Gasteiger partial charge on any atom is -0.395 e. The Morgan fingerprint density at radius 3 is 2.77 bits per heavy atom. The molecule has 0 spiro atoms. The number of amides is 1. The third kappa shape index (κ3) is 3.36. The van der Waals surface area contributed by atoms with Gasteiger partial charge in [-0.15, -0.1) is 11.3 Å². The highest BCUT2D eigenvalue weighted by atomic mass is 32.1. The first kappa shape index (κ1) is 16.6. The van der Waals surface area contributed by atoms with E-state index in [1.54, 1.807) is 4.90 Å². The van der Waals surface area contributed by atoms with Crippen molar-refractivity contribution >= 4 is 27.5 Å². The van der Waals surface area contributed by atoms with Gasteiger partial charge in [0.05, 0.1) is 12.0 Å². The number of aromatic amines is 1. The highest BCUT2D eigenvalue weighted by Crippen LogP contribution is 2.25. The first-order chi connectivity index (χ1) is 10.5. The summed E-state index contributed by atoms with van der Waals surface area (Å²) >= 11 is 1.50. The summed E-state index contributed by atoms with van der Waals surface area (Å²) in [4.78, 5) is 34.8. The average molecular weight is 323 g/mol. The summed E-state index contributed by atoms with van der Waals surface area (Å²) in [5.74, 6) is 0.491. The fourth-order valence-corrected chi connectivity index (χ4v) is 3.43. The van der Waals surface area contributed by atoms with Gasteiger partial charge in [-0.25, -0.2) is 4.98 Å². The molecular weight excluding hydrogens is 302 g/mol.